The van der Waals surface area contributed by atoms with Crippen LogP contribution in [0.25, 0.3) is 11.1 Å². The molecule has 2 rings (SSSR count). The van der Waals surface area contributed by atoms with Gasteiger partial charge in [0.2, 0.25) is 0 Å². The quantitative estimate of drug-likeness (QED) is 0.681. The van der Waals surface area contributed by atoms with E-state index in [2.05, 4.69) is 22.1 Å². The van der Waals surface area contributed by atoms with Crippen LogP contribution in [0.3, 0.4) is 0 Å². The van der Waals surface area contributed by atoms with Crippen molar-refractivity contribution in [3.05, 3.63) is 48.0 Å². The van der Waals surface area contributed by atoms with Crippen LogP contribution < -0.4 is 0 Å². The molecule has 0 amide bonds. The molecule has 2 heterocycles. The fourth-order valence-corrected chi connectivity index (χ4v) is 1.50. The lowest BCUT2D eigenvalue weighted by molar-refractivity contribution is 1.18. The molecule has 14 heavy (non-hydrogen) atoms. The highest BCUT2D eigenvalue weighted by molar-refractivity contribution is 5.65. The molecule has 0 aliphatic carbocycles. The van der Waals surface area contributed by atoms with Crippen LogP contribution in [0.4, 0.5) is 0 Å². The molecule has 0 aliphatic heterocycles. The van der Waals surface area contributed by atoms with E-state index in [9.17, 15) is 0 Å². The molecule has 0 spiro atoms. The first-order valence-electron chi connectivity index (χ1n) is 4.62. The topological polar surface area (TPSA) is 25.8 Å². The third kappa shape index (κ3) is 1.64. The second kappa shape index (κ2) is 3.58. The minimum atomic E-state index is 1.03. The van der Waals surface area contributed by atoms with Crippen LogP contribution >= 0.6 is 0 Å². The third-order valence-electron chi connectivity index (χ3n) is 2.21. The molecule has 70 valence electrons. The zero-order valence-corrected chi connectivity index (χ0v) is 8.36. The van der Waals surface area contributed by atoms with Gasteiger partial charge in [-0.15, -0.1) is 0 Å². The third-order valence-corrected chi connectivity index (χ3v) is 2.21. The Hall–Kier alpha value is -1.70. The van der Waals surface area contributed by atoms with E-state index in [4.69, 9.17) is 0 Å². The van der Waals surface area contributed by atoms with E-state index in [1.165, 1.54) is 11.1 Å². The van der Waals surface area contributed by atoms with Crippen molar-refractivity contribution >= 4 is 0 Å². The second-order valence-electron chi connectivity index (χ2n) is 3.32. The van der Waals surface area contributed by atoms with E-state index >= 15 is 0 Å². The summed E-state index contributed by atoms with van der Waals surface area (Å²) in [6.07, 6.45) is 3.64. The fraction of sp³-hybridized carbons (Fsp3) is 0.167. The van der Waals surface area contributed by atoms with Gasteiger partial charge in [-0.1, -0.05) is 6.07 Å². The van der Waals surface area contributed by atoms with Crippen molar-refractivity contribution in [3.63, 3.8) is 0 Å². The van der Waals surface area contributed by atoms with E-state index in [-0.39, 0.29) is 0 Å². The summed E-state index contributed by atoms with van der Waals surface area (Å²) in [6.45, 7) is 4.01. The highest BCUT2D eigenvalue weighted by Crippen LogP contribution is 2.21. The van der Waals surface area contributed by atoms with Crippen molar-refractivity contribution < 1.29 is 0 Å². The summed E-state index contributed by atoms with van der Waals surface area (Å²) in [7, 11) is 0. The minimum Gasteiger partial charge on any atom is -0.262 e. The SMILES string of the molecule is Cc1cc(-c2cccnc2C)ccn1. The van der Waals surface area contributed by atoms with Gasteiger partial charge in [0, 0.05) is 29.3 Å². The average molecular weight is 184 g/mol. The Morgan fingerprint density at radius 1 is 1.00 bits per heavy atom. The Kier molecular flexibility index (Phi) is 2.27. The van der Waals surface area contributed by atoms with E-state index in [1.54, 1.807) is 0 Å². The summed E-state index contributed by atoms with van der Waals surface area (Å²) in [5, 5.41) is 0. The van der Waals surface area contributed by atoms with E-state index in [0.29, 0.717) is 0 Å². The molecule has 0 aliphatic rings. The van der Waals surface area contributed by atoms with Crippen molar-refractivity contribution in [1.29, 1.82) is 0 Å². The average Bonchev–Trinajstić information content (AvgIpc) is 2.18. The van der Waals surface area contributed by atoms with E-state index in [1.807, 2.05) is 38.4 Å². The number of pyridine rings is 2. The van der Waals surface area contributed by atoms with Crippen molar-refractivity contribution in [3.8, 4) is 11.1 Å². The minimum absolute atomic E-state index is 1.03. The summed E-state index contributed by atoms with van der Waals surface area (Å²) in [4.78, 5) is 8.44. The zero-order valence-electron chi connectivity index (χ0n) is 8.36. The molecule has 0 atom stereocenters. The Balaban J connectivity index is 2.55. The fourth-order valence-electron chi connectivity index (χ4n) is 1.50. The van der Waals surface area contributed by atoms with Gasteiger partial charge in [0.25, 0.3) is 0 Å². The molecule has 0 N–H and O–H groups in total. The summed E-state index contributed by atoms with van der Waals surface area (Å²) in [5.74, 6) is 0. The standard InChI is InChI=1S/C12H12N2/c1-9-8-11(5-7-13-9)12-4-3-6-14-10(12)2/h3-8H,1-2H3. The molecule has 2 aromatic rings. The molecular weight excluding hydrogens is 172 g/mol. The Labute approximate surface area is 83.7 Å². The lowest BCUT2D eigenvalue weighted by Crippen LogP contribution is -1.88. The van der Waals surface area contributed by atoms with E-state index in [0.717, 1.165) is 11.4 Å². The van der Waals surface area contributed by atoms with Gasteiger partial charge < -0.3 is 0 Å². The number of aromatic nitrogens is 2. The van der Waals surface area contributed by atoms with Crippen LogP contribution in [-0.2, 0) is 0 Å². The van der Waals surface area contributed by atoms with Crippen molar-refractivity contribution in [2.75, 3.05) is 0 Å². The normalized spacial score (nSPS) is 10.1. The van der Waals surface area contributed by atoms with Crippen molar-refractivity contribution in [2.45, 2.75) is 13.8 Å². The molecule has 2 aromatic heterocycles. The Morgan fingerprint density at radius 2 is 1.86 bits per heavy atom. The highest BCUT2D eigenvalue weighted by atomic mass is 14.7. The first-order chi connectivity index (χ1) is 6.77. The molecule has 2 nitrogen and oxygen atoms in total. The van der Waals surface area contributed by atoms with Gasteiger partial charge in [0.1, 0.15) is 0 Å². The number of nitrogens with zero attached hydrogens (tertiary/aromatic N) is 2. The van der Waals surface area contributed by atoms with Crippen LogP contribution in [0.15, 0.2) is 36.7 Å². The van der Waals surface area contributed by atoms with E-state index < -0.39 is 0 Å². The number of hydrogen-bond donors (Lipinski definition) is 0. The van der Waals surface area contributed by atoms with Crippen LogP contribution in [0.1, 0.15) is 11.4 Å². The molecule has 0 saturated carbocycles. The lowest BCUT2D eigenvalue weighted by atomic mass is 10.1. The van der Waals surface area contributed by atoms with Crippen LogP contribution in [0.5, 0.6) is 0 Å². The van der Waals surface area contributed by atoms with Gasteiger partial charge in [-0.2, -0.15) is 0 Å². The molecule has 0 fully saturated rings. The monoisotopic (exact) mass is 184 g/mol. The molecule has 0 saturated heterocycles. The Morgan fingerprint density at radius 3 is 2.57 bits per heavy atom. The molecule has 2 heteroatoms. The largest absolute Gasteiger partial charge is 0.262 e. The molecule has 0 bridgehead atoms. The highest BCUT2D eigenvalue weighted by Gasteiger charge is 2.01. The number of hydrogen-bond acceptors (Lipinski definition) is 2. The van der Waals surface area contributed by atoms with Gasteiger partial charge >= 0.3 is 0 Å². The van der Waals surface area contributed by atoms with Gasteiger partial charge in [-0.25, -0.2) is 0 Å². The van der Waals surface area contributed by atoms with Crippen molar-refractivity contribution in [2.24, 2.45) is 0 Å². The molecular formula is C12H12N2. The number of rotatable bonds is 1. The van der Waals surface area contributed by atoms with Crippen LogP contribution in [-0.4, -0.2) is 9.97 Å². The van der Waals surface area contributed by atoms with Gasteiger partial charge in [-0.3, -0.25) is 9.97 Å². The molecule has 0 aromatic carbocycles. The molecule has 0 radical (unpaired) electrons. The van der Waals surface area contributed by atoms with Crippen LogP contribution in [0.2, 0.25) is 0 Å². The predicted octanol–water partition coefficient (Wildman–Crippen LogP) is 2.76. The van der Waals surface area contributed by atoms with Gasteiger partial charge in [-0.05, 0) is 37.6 Å². The van der Waals surface area contributed by atoms with Crippen molar-refractivity contribution in [1.82, 2.24) is 9.97 Å². The molecule has 0 unspecified atom stereocenters. The van der Waals surface area contributed by atoms with Gasteiger partial charge in [0.05, 0.1) is 0 Å². The maximum absolute atomic E-state index is 4.26. The first kappa shape index (κ1) is 8.88. The number of aryl methyl sites for hydroxylation is 2. The summed E-state index contributed by atoms with van der Waals surface area (Å²) >= 11 is 0. The van der Waals surface area contributed by atoms with Crippen LogP contribution in [0, 0.1) is 13.8 Å². The smallest absolute Gasteiger partial charge is 0.0450 e. The predicted molar refractivity (Wildman–Crippen MR) is 56.9 cm³/mol. The second-order valence-corrected chi connectivity index (χ2v) is 3.32. The maximum atomic E-state index is 4.26. The summed E-state index contributed by atoms with van der Waals surface area (Å²) in [6, 6.07) is 8.12. The Bertz CT molecular complexity index is 450. The lowest BCUT2D eigenvalue weighted by Gasteiger charge is -2.04. The zero-order chi connectivity index (χ0) is 9.97. The first-order valence-corrected chi connectivity index (χ1v) is 4.62. The summed E-state index contributed by atoms with van der Waals surface area (Å²) < 4.78 is 0. The van der Waals surface area contributed by atoms with Gasteiger partial charge in [0.15, 0.2) is 0 Å². The summed E-state index contributed by atoms with van der Waals surface area (Å²) in [5.41, 5.74) is 4.45. The maximum Gasteiger partial charge on any atom is 0.0450 e.